The highest BCUT2D eigenvalue weighted by Crippen LogP contribution is 2.42. The predicted octanol–water partition coefficient (Wildman–Crippen LogP) is 9.73. The molecule has 0 amide bonds. The van der Waals surface area contributed by atoms with Crippen LogP contribution in [0.5, 0.6) is 0 Å². The zero-order valence-electron chi connectivity index (χ0n) is 29.7. The molecular formula is C48H28N8. The average Bonchev–Trinajstić information content (AvgIpc) is 3.99. The number of nitrogens with one attached hydrogen (secondary N) is 3. The summed E-state index contributed by atoms with van der Waals surface area (Å²) in [6, 6.07) is 50.9. The van der Waals surface area contributed by atoms with Crippen LogP contribution in [0.2, 0.25) is 0 Å². The molecule has 13 rings (SSSR count). The summed E-state index contributed by atoms with van der Waals surface area (Å²) in [4.78, 5) is 34.3. The van der Waals surface area contributed by atoms with Gasteiger partial charge in [-0.25, -0.2) is 25.0 Å². The van der Waals surface area contributed by atoms with Crippen LogP contribution in [0.1, 0.15) is 28.4 Å². The summed E-state index contributed by atoms with van der Waals surface area (Å²) < 4.78 is 0. The molecule has 8 bridgehead atoms. The molecule has 8 nitrogen and oxygen atoms in total. The second-order valence-corrected chi connectivity index (χ2v) is 14.6. The molecule has 5 heterocycles. The summed E-state index contributed by atoms with van der Waals surface area (Å²) in [5.41, 5.74) is 5.41. The van der Waals surface area contributed by atoms with Gasteiger partial charge in [-0.15, -0.1) is 0 Å². The van der Waals surface area contributed by atoms with Crippen molar-refractivity contribution in [2.24, 2.45) is 25.0 Å². The first-order valence-electron chi connectivity index (χ1n) is 18.8. The lowest BCUT2D eigenvalue weighted by Gasteiger charge is -2.09. The maximum atomic E-state index is 5.50. The number of amidine groups is 3. The Morgan fingerprint density at radius 2 is 1.00 bits per heavy atom. The third-order valence-corrected chi connectivity index (χ3v) is 11.6. The van der Waals surface area contributed by atoms with E-state index in [0.717, 1.165) is 104 Å². The molecule has 0 fully saturated rings. The van der Waals surface area contributed by atoms with Gasteiger partial charge in [0, 0.05) is 43.8 Å². The molecule has 0 saturated carbocycles. The van der Waals surface area contributed by atoms with Crippen LogP contribution in [0.25, 0.3) is 64.6 Å². The highest BCUT2D eigenvalue weighted by molar-refractivity contribution is 6.29. The highest BCUT2D eigenvalue weighted by atomic mass is 15.2. The number of hydrogen-bond acceptors (Lipinski definition) is 6. The third kappa shape index (κ3) is 4.09. The van der Waals surface area contributed by atoms with Gasteiger partial charge in [0.2, 0.25) is 0 Å². The molecule has 3 aliphatic heterocycles. The van der Waals surface area contributed by atoms with E-state index in [-0.39, 0.29) is 0 Å². The fourth-order valence-corrected chi connectivity index (χ4v) is 9.09. The zero-order chi connectivity index (χ0) is 36.5. The number of aromatic amines is 2. The number of rotatable bonds is 0. The second kappa shape index (κ2) is 10.9. The van der Waals surface area contributed by atoms with Crippen LogP contribution in [-0.4, -0.2) is 27.5 Å². The smallest absolute Gasteiger partial charge is 0.165 e. The van der Waals surface area contributed by atoms with Gasteiger partial charge in [0.15, 0.2) is 11.7 Å². The molecule has 1 unspecified atom stereocenters. The molecule has 1 atom stereocenters. The fourth-order valence-electron chi connectivity index (χ4n) is 9.09. The van der Waals surface area contributed by atoms with Crippen molar-refractivity contribution in [3.05, 3.63) is 179 Å². The summed E-state index contributed by atoms with van der Waals surface area (Å²) in [7, 11) is 0. The van der Waals surface area contributed by atoms with Crippen LogP contribution in [0.15, 0.2) is 171 Å². The molecule has 0 aliphatic carbocycles. The van der Waals surface area contributed by atoms with Crippen molar-refractivity contribution in [1.29, 1.82) is 0 Å². The molecular weight excluding hydrogens is 689 g/mol. The van der Waals surface area contributed by atoms with Crippen LogP contribution in [0, 0.1) is 0 Å². The fraction of sp³-hybridized carbons (Fsp3) is 0.0208. The summed E-state index contributed by atoms with van der Waals surface area (Å²) in [6.07, 6.45) is -0.429. The minimum Gasteiger partial charge on any atom is -0.344 e. The average molecular weight is 717 g/mol. The van der Waals surface area contributed by atoms with Gasteiger partial charge >= 0.3 is 0 Å². The van der Waals surface area contributed by atoms with E-state index in [4.69, 9.17) is 25.0 Å². The number of hydrogen-bond donors (Lipinski definition) is 3. The van der Waals surface area contributed by atoms with Gasteiger partial charge in [0.25, 0.3) is 0 Å². The number of H-pyrrole nitrogens is 2. The first kappa shape index (κ1) is 29.7. The molecule has 0 radical (unpaired) electrons. The summed E-state index contributed by atoms with van der Waals surface area (Å²) >= 11 is 0. The van der Waals surface area contributed by atoms with Gasteiger partial charge in [0.05, 0.1) is 0 Å². The van der Waals surface area contributed by atoms with E-state index in [0.29, 0.717) is 23.0 Å². The first-order chi connectivity index (χ1) is 27.7. The summed E-state index contributed by atoms with van der Waals surface area (Å²) in [5, 5.41) is 16.6. The lowest BCUT2D eigenvalue weighted by Crippen LogP contribution is -2.22. The van der Waals surface area contributed by atoms with Crippen molar-refractivity contribution in [2.75, 3.05) is 0 Å². The van der Waals surface area contributed by atoms with Crippen LogP contribution >= 0.6 is 0 Å². The van der Waals surface area contributed by atoms with E-state index < -0.39 is 6.17 Å². The van der Waals surface area contributed by atoms with Crippen LogP contribution in [-0.2, 0) is 0 Å². The Bertz CT molecular complexity index is 3640. The summed E-state index contributed by atoms with van der Waals surface area (Å²) in [5.74, 6) is 3.34. The maximum Gasteiger partial charge on any atom is 0.165 e. The monoisotopic (exact) mass is 716 g/mol. The number of benzene rings is 8. The topological polar surface area (TPSA) is 105 Å². The molecule has 3 aliphatic rings. The van der Waals surface area contributed by atoms with E-state index in [9.17, 15) is 0 Å². The number of aliphatic imine (C=N–C) groups is 3. The predicted molar refractivity (Wildman–Crippen MR) is 227 cm³/mol. The van der Waals surface area contributed by atoms with Crippen LogP contribution < -0.4 is 16.3 Å². The van der Waals surface area contributed by atoms with Crippen LogP contribution in [0.4, 0.5) is 11.6 Å². The molecule has 0 saturated heterocycles. The first-order valence-corrected chi connectivity index (χ1v) is 18.8. The standard InChI is InChI=1S/C48H28N8/c1-5-13-29-25(9-1)17-21-33-37(29)45-49-41(33)54-46-39-31-15-7-3-11-27(31)19-23-35(39)43(51-46)56-48-40-32-16-8-4-12-28(32)20-24-36(40)44(52-48)55-47-38-30-14-6-2-10-26(30)18-22-34(38)42(50-47)53-45/h1-24,45,51H,(H,49,54)(H,50,52,53,55,56). The van der Waals surface area contributed by atoms with E-state index >= 15 is 0 Å². The minimum absolute atomic E-state index is 0.429. The Labute approximate surface area is 318 Å². The van der Waals surface area contributed by atoms with Gasteiger partial charge in [-0.2, -0.15) is 0 Å². The van der Waals surface area contributed by atoms with Crippen molar-refractivity contribution < 1.29 is 0 Å². The Hall–Kier alpha value is -7.71. The van der Waals surface area contributed by atoms with Crippen molar-refractivity contribution in [3.8, 4) is 0 Å². The molecule has 8 aromatic carbocycles. The molecule has 0 spiro atoms. The Balaban J connectivity index is 1.21. The Morgan fingerprint density at radius 1 is 0.393 bits per heavy atom. The van der Waals surface area contributed by atoms with Crippen LogP contribution in [0.3, 0.4) is 0 Å². The highest BCUT2D eigenvalue weighted by Gasteiger charge is 2.31. The third-order valence-electron chi connectivity index (χ3n) is 11.6. The van der Waals surface area contributed by atoms with Crippen molar-refractivity contribution in [3.63, 3.8) is 0 Å². The Morgan fingerprint density at radius 3 is 1.77 bits per heavy atom. The lowest BCUT2D eigenvalue weighted by molar-refractivity contribution is 0.689. The molecule has 2 aromatic heterocycles. The van der Waals surface area contributed by atoms with E-state index in [2.05, 4.69) is 161 Å². The van der Waals surface area contributed by atoms with Gasteiger partial charge in [-0.1, -0.05) is 127 Å². The van der Waals surface area contributed by atoms with E-state index in [1.807, 2.05) is 0 Å². The molecule has 8 heteroatoms. The molecule has 3 N–H and O–H groups in total. The maximum absolute atomic E-state index is 5.50. The van der Waals surface area contributed by atoms with Crippen molar-refractivity contribution in [2.45, 2.75) is 6.17 Å². The SMILES string of the molecule is c1ccc2c3c(ccc2c1)C1=NC/3=N\c2[nH]c(c3c2ccc2ccccc23)/N=C2\NC(/N=c3\[nH]/c(c4c3ccc3ccccc34)=N\1)c1c2ccc2ccccc12. The van der Waals surface area contributed by atoms with Crippen molar-refractivity contribution in [1.82, 2.24) is 15.3 Å². The molecule has 10 aromatic rings. The molecule has 260 valence electrons. The van der Waals surface area contributed by atoms with E-state index in [1.54, 1.807) is 0 Å². The quantitative estimate of drug-likeness (QED) is 0.143. The normalized spacial score (nSPS) is 18.8. The molecule has 56 heavy (non-hydrogen) atoms. The lowest BCUT2D eigenvalue weighted by atomic mass is 9.99. The summed E-state index contributed by atoms with van der Waals surface area (Å²) in [6.45, 7) is 0. The number of aromatic nitrogens is 2. The van der Waals surface area contributed by atoms with Crippen molar-refractivity contribution >= 4 is 93.8 Å². The largest absolute Gasteiger partial charge is 0.344 e. The minimum atomic E-state index is -0.429. The van der Waals surface area contributed by atoms with Gasteiger partial charge in [-0.3, -0.25) is 0 Å². The number of nitrogens with zero attached hydrogens (tertiary/aromatic N) is 5. The van der Waals surface area contributed by atoms with Gasteiger partial charge in [-0.05, 0) is 61.3 Å². The zero-order valence-corrected chi connectivity index (χ0v) is 29.7. The second-order valence-electron chi connectivity index (χ2n) is 14.6. The van der Waals surface area contributed by atoms with E-state index in [1.165, 1.54) is 0 Å². The Kier molecular flexibility index (Phi) is 5.80. The number of fused-ring (bicyclic) bond motifs is 27. The van der Waals surface area contributed by atoms with Gasteiger partial charge < -0.3 is 15.3 Å². The van der Waals surface area contributed by atoms with Gasteiger partial charge in [0.1, 0.15) is 34.6 Å².